The highest BCUT2D eigenvalue weighted by Crippen LogP contribution is 2.14. The zero-order valence-electron chi connectivity index (χ0n) is 66.2. The molecule has 0 bridgehead atoms. The number of hydrogen-bond acceptors (Lipinski definition) is 22. The molecule has 0 aliphatic heterocycles. The zero-order chi connectivity index (χ0) is 85.9. The molecule has 41 heteroatoms. The number of aliphatic hydroxyl groups excluding tert-OH is 3. The molecule has 28 N–H and O–H groups in total. The van der Waals surface area contributed by atoms with E-state index in [0.29, 0.717) is 29.7 Å². The van der Waals surface area contributed by atoms with Gasteiger partial charge in [0.15, 0.2) is 11.9 Å². The smallest absolute Gasteiger partial charge is 0.326 e. The first kappa shape index (κ1) is 99.3. The first-order valence-electron chi connectivity index (χ1n) is 37.5. The Labute approximate surface area is 667 Å². The van der Waals surface area contributed by atoms with E-state index in [1.165, 1.54) is 25.6 Å². The second kappa shape index (κ2) is 52.5. The number of nitrogens with two attached hydrogens (primary N) is 5. The summed E-state index contributed by atoms with van der Waals surface area (Å²) in [6.45, 7) is 10.5. The van der Waals surface area contributed by atoms with Crippen LogP contribution in [-0.2, 0) is 84.8 Å². The quantitative estimate of drug-likeness (QED) is 0.0166. The number of nitrogens with one attached hydrogen (secondary N) is 14. The highest BCUT2D eigenvalue weighted by atomic mass is 32.2. The van der Waals surface area contributed by atoms with Gasteiger partial charge in [0.05, 0.1) is 38.4 Å². The third-order valence-corrected chi connectivity index (χ3v) is 18.1. The van der Waals surface area contributed by atoms with Crippen molar-refractivity contribution in [2.45, 2.75) is 211 Å². The number of aliphatic imine (C=N–C) groups is 2. The predicted octanol–water partition coefficient (Wildman–Crippen LogP) is -6.66. The summed E-state index contributed by atoms with van der Waals surface area (Å²) in [5.41, 5.74) is 28.6. The third kappa shape index (κ3) is 38.2. The van der Waals surface area contributed by atoms with Gasteiger partial charge in [0, 0.05) is 25.9 Å². The first-order chi connectivity index (χ1) is 53.7. The summed E-state index contributed by atoms with van der Waals surface area (Å²) in [5.74, 6) is -15.3. The van der Waals surface area contributed by atoms with Crippen molar-refractivity contribution in [3.8, 4) is 0 Å². The molecule has 2 aromatic carbocycles. The fraction of sp³-hybridized carbons (Fsp3) is 0.603. The molecule has 14 amide bonds. The highest BCUT2D eigenvalue weighted by Gasteiger charge is 2.38. The molecule has 0 aromatic heterocycles. The van der Waals surface area contributed by atoms with Crippen LogP contribution in [-0.4, -0.2) is 257 Å². The average Bonchev–Trinajstić information content (AvgIpc) is 0.855. The van der Waals surface area contributed by atoms with Crippen LogP contribution in [0.15, 0.2) is 70.6 Å². The molecule has 0 aliphatic carbocycles. The van der Waals surface area contributed by atoms with Gasteiger partial charge in [-0.25, -0.2) is 4.79 Å². The summed E-state index contributed by atoms with van der Waals surface area (Å²) < 4.78 is 0. The Morgan fingerprint density at radius 2 is 0.789 bits per heavy atom. The van der Waals surface area contributed by atoms with Gasteiger partial charge in [0.25, 0.3) is 0 Å². The lowest BCUT2D eigenvalue weighted by Crippen LogP contribution is -2.63. The molecule has 0 saturated carbocycles. The maximum atomic E-state index is 14.4. The fourth-order valence-electron chi connectivity index (χ4n) is 10.9. The lowest BCUT2D eigenvalue weighted by molar-refractivity contribution is -0.142. The summed E-state index contributed by atoms with van der Waals surface area (Å²) in [4.78, 5) is 212. The molecule has 0 spiro atoms. The van der Waals surface area contributed by atoms with Crippen LogP contribution in [0.4, 0.5) is 0 Å². The molecule has 2 rings (SSSR count). The number of carboxylic acids is 1. The Hall–Kier alpha value is -10.8. The van der Waals surface area contributed by atoms with E-state index in [9.17, 15) is 92.3 Å². The van der Waals surface area contributed by atoms with Crippen molar-refractivity contribution in [3.63, 3.8) is 0 Å². The van der Waals surface area contributed by atoms with Crippen molar-refractivity contribution < 1.29 is 92.3 Å². The molecular formula is C73H119N21O19S. The van der Waals surface area contributed by atoms with Crippen molar-refractivity contribution in [1.29, 1.82) is 0 Å². The van der Waals surface area contributed by atoms with E-state index >= 15 is 0 Å². The Balaban J connectivity index is 2.30. The Bertz CT molecular complexity index is 3550. The van der Waals surface area contributed by atoms with Gasteiger partial charge in [-0.1, -0.05) is 109 Å². The van der Waals surface area contributed by atoms with Gasteiger partial charge in [-0.15, -0.1) is 0 Å². The van der Waals surface area contributed by atoms with Crippen LogP contribution in [0, 0.1) is 17.8 Å². The van der Waals surface area contributed by atoms with E-state index in [0.717, 1.165) is 6.92 Å². The molecule has 0 saturated heterocycles. The van der Waals surface area contributed by atoms with Crippen molar-refractivity contribution in [3.05, 3.63) is 71.8 Å². The average molecular weight is 1630 g/mol. The van der Waals surface area contributed by atoms with Gasteiger partial charge in [0.2, 0.25) is 82.7 Å². The highest BCUT2D eigenvalue weighted by molar-refractivity contribution is 7.98. The molecule has 0 fully saturated rings. The number of aliphatic carboxylic acids is 1. The van der Waals surface area contributed by atoms with Crippen LogP contribution in [0.5, 0.6) is 0 Å². The minimum Gasteiger partial charge on any atom is -0.480 e. The number of thioether (sulfide) groups is 1. The number of carbonyl (C=O) groups is 15. The molecule has 2 aromatic rings. The molecular weight excluding hydrogens is 1510 g/mol. The first-order valence-corrected chi connectivity index (χ1v) is 38.9. The second-order valence-corrected chi connectivity index (χ2v) is 29.2. The van der Waals surface area contributed by atoms with Gasteiger partial charge in [-0.05, 0) is 107 Å². The molecule has 0 unspecified atom stereocenters. The molecule has 0 heterocycles. The summed E-state index contributed by atoms with van der Waals surface area (Å²) in [5, 5.41) is 76.3. The summed E-state index contributed by atoms with van der Waals surface area (Å²) >= 11 is 1.50. The minimum atomic E-state index is -1.96. The van der Waals surface area contributed by atoms with Crippen LogP contribution >= 0.6 is 11.8 Å². The molecule has 0 aliphatic rings. The summed E-state index contributed by atoms with van der Waals surface area (Å²) in [7, 11) is 0. The van der Waals surface area contributed by atoms with Gasteiger partial charge < -0.3 is 124 Å². The Morgan fingerprint density at radius 1 is 0.421 bits per heavy atom. The summed E-state index contributed by atoms with van der Waals surface area (Å²) in [6.07, 6.45) is 0.317. The molecule has 40 nitrogen and oxygen atoms in total. The fourth-order valence-corrected chi connectivity index (χ4v) is 11.4. The molecule has 636 valence electrons. The maximum Gasteiger partial charge on any atom is 0.326 e. The monoisotopic (exact) mass is 1630 g/mol. The normalized spacial score (nSPS) is 15.0. The number of rotatable bonds is 53. The maximum absolute atomic E-state index is 14.4. The second-order valence-electron chi connectivity index (χ2n) is 28.2. The van der Waals surface area contributed by atoms with Crippen LogP contribution in [0.2, 0.25) is 0 Å². The third-order valence-electron chi connectivity index (χ3n) is 17.5. The van der Waals surface area contributed by atoms with E-state index in [4.69, 9.17) is 28.7 Å². The lowest BCUT2D eigenvalue weighted by Gasteiger charge is -2.28. The van der Waals surface area contributed by atoms with Crippen LogP contribution < -0.4 is 103 Å². The molecule has 15 atom stereocenters. The van der Waals surface area contributed by atoms with Gasteiger partial charge in [-0.2, -0.15) is 11.8 Å². The van der Waals surface area contributed by atoms with Crippen molar-refractivity contribution in [1.82, 2.24) is 74.4 Å². The SMILES string of the molecule is CC[C@H](C)[C@H](NC(=O)[C@H](C)NC(=O)[C@H](C)NC(=O)[C@@H](N)CCSC)C(=O)NCC(=O)N[C@@H](CC(C)C)C(=O)NCC(=O)N[C@@H](Cc1ccccc1)C(=O)N[C@@H](CC(C)C)C(=O)N[C@H](C(=O)N[C@@H](CO)C(=O)N[C@@H](CO)C(=O)N[C@@H](Cc1ccccc1)C(=O)N[C@@H](CCCN=C(N)N)C(=O)N[C@@H](CCCN=C(N)N)C(=O)O)[C@@H](C)O. The van der Waals surface area contributed by atoms with Crippen LogP contribution in [0.3, 0.4) is 0 Å². The Morgan fingerprint density at radius 3 is 1.24 bits per heavy atom. The molecule has 0 radical (unpaired) electrons. The number of carbonyl (C=O) groups excluding carboxylic acids is 14. The standard InChI is InChI=1S/C73H119N21O19S/c1-11-40(6)57(93-60(101)42(8)83-59(100)41(7)84-61(102)46(74)26-29-114-10)69(110)82-35-56(99)85-49(30-38(2)3)62(103)81-34-55(98)86-51(32-44-20-14-12-15-21-44)64(105)89-50(31-39(4)5)66(107)94-58(43(9)97)70(111)92-54(37-96)68(109)91-53(36-95)67(108)90-52(33-45-22-16-13-17-23-45)65(106)87-47(24-18-27-79-72(75)76)63(104)88-48(71(112)113)25-19-28-80-73(77)78/h12-17,20-23,38-43,46-54,57-58,95-97H,11,18-19,24-37,74H2,1-10H3,(H,81,103)(H,82,110)(H,83,100)(H,84,102)(H,85,99)(H,86,98)(H,87,106)(H,88,104)(H,89,105)(H,90,108)(H,91,109)(H,92,111)(H,93,101)(H,94,107)(H,112,113)(H4,75,76,79)(H4,77,78,80)/t40-,41-,42-,43+,46-,47-,48-,49-,50-,51-,52-,53-,54-,57-,58-/m0/s1. The largest absolute Gasteiger partial charge is 0.480 e. The van der Waals surface area contributed by atoms with Crippen LogP contribution in [0.25, 0.3) is 0 Å². The van der Waals surface area contributed by atoms with Crippen LogP contribution in [0.1, 0.15) is 125 Å². The van der Waals surface area contributed by atoms with E-state index in [-0.39, 0.29) is 88.2 Å². The van der Waals surface area contributed by atoms with E-state index < -0.39 is 206 Å². The van der Waals surface area contributed by atoms with Gasteiger partial charge in [-0.3, -0.25) is 77.1 Å². The zero-order valence-corrected chi connectivity index (χ0v) is 67.0. The Kier molecular flexibility index (Phi) is 45.7. The number of benzene rings is 2. The molecule has 114 heavy (non-hydrogen) atoms. The number of amides is 14. The predicted molar refractivity (Wildman–Crippen MR) is 423 cm³/mol. The number of aliphatic hydroxyl groups is 3. The van der Waals surface area contributed by atoms with Crippen molar-refractivity contribution >= 4 is 112 Å². The minimum absolute atomic E-state index is 0.0177. The number of hydrogen-bond donors (Lipinski definition) is 23. The number of nitrogens with zero attached hydrogens (tertiary/aromatic N) is 2. The van der Waals surface area contributed by atoms with Crippen molar-refractivity contribution in [2.24, 2.45) is 56.4 Å². The number of carboxylic acid groups (broad SMARTS) is 1. The van der Waals surface area contributed by atoms with Gasteiger partial charge >= 0.3 is 5.97 Å². The van der Waals surface area contributed by atoms with E-state index in [1.807, 2.05) is 6.26 Å². The topological polar surface area (TPSA) is 660 Å². The van der Waals surface area contributed by atoms with E-state index in [1.54, 1.807) is 102 Å². The van der Waals surface area contributed by atoms with Gasteiger partial charge in [0.1, 0.15) is 72.5 Å². The van der Waals surface area contributed by atoms with Crippen molar-refractivity contribution in [2.75, 3.05) is 51.4 Å². The lowest BCUT2D eigenvalue weighted by atomic mass is 9.98. The number of guanidine groups is 2. The summed E-state index contributed by atoms with van der Waals surface area (Å²) in [6, 6.07) is -2.32. The van der Waals surface area contributed by atoms with E-state index in [2.05, 4.69) is 84.4 Å².